The van der Waals surface area contributed by atoms with Crippen molar-refractivity contribution in [2.45, 2.75) is 25.4 Å². The molecule has 2 N–H and O–H groups in total. The van der Waals surface area contributed by atoms with Gasteiger partial charge in [0, 0.05) is 13.1 Å². The summed E-state index contributed by atoms with van der Waals surface area (Å²) < 4.78 is 5.11. The van der Waals surface area contributed by atoms with Crippen LogP contribution in [-0.4, -0.2) is 23.6 Å². The lowest BCUT2D eigenvalue weighted by Gasteiger charge is -2.25. The first kappa shape index (κ1) is 16.3. The molecular weight excluding hydrogens is 335 g/mol. The number of methoxy groups -OCH3 is 1. The van der Waals surface area contributed by atoms with Crippen molar-refractivity contribution in [2.75, 3.05) is 18.6 Å². The summed E-state index contributed by atoms with van der Waals surface area (Å²) in [4.78, 5) is 10.8. The molecule has 1 atom stereocenters. The van der Waals surface area contributed by atoms with Crippen molar-refractivity contribution in [3.63, 3.8) is 0 Å². The minimum Gasteiger partial charge on any atom is -0.491 e. The predicted octanol–water partition coefficient (Wildman–Crippen LogP) is 3.59. The summed E-state index contributed by atoms with van der Waals surface area (Å²) in [7, 11) is 1.49. The Balaban J connectivity index is 1.92. The Morgan fingerprint density at radius 2 is 1.87 bits per heavy atom. The van der Waals surface area contributed by atoms with E-state index in [-0.39, 0.29) is 16.3 Å². The molecule has 1 fully saturated rings. The molecule has 1 aromatic heterocycles. The molecule has 0 bridgehead atoms. The van der Waals surface area contributed by atoms with Gasteiger partial charge in [-0.25, -0.2) is 0 Å². The molecule has 1 saturated heterocycles. The first-order valence-electron chi connectivity index (χ1n) is 7.46. The summed E-state index contributed by atoms with van der Waals surface area (Å²) in [5.41, 5.74) is 7.99. The summed E-state index contributed by atoms with van der Waals surface area (Å²) in [5.74, 6) is 0.839. The number of rotatable bonds is 4. The molecule has 1 aliphatic heterocycles. The molecule has 0 amide bonds. The molecule has 122 valence electrons. The van der Waals surface area contributed by atoms with Crippen LogP contribution in [0.3, 0.4) is 0 Å². The van der Waals surface area contributed by atoms with Crippen LogP contribution in [0.2, 0.25) is 10.3 Å². The number of anilines is 1. The molecule has 0 saturated carbocycles. The Kier molecular flexibility index (Phi) is 4.90. The van der Waals surface area contributed by atoms with Crippen molar-refractivity contribution in [1.82, 2.24) is 9.97 Å². The highest BCUT2D eigenvalue weighted by Crippen LogP contribution is 2.38. The monoisotopic (exact) mass is 352 g/mol. The van der Waals surface area contributed by atoms with E-state index in [1.165, 1.54) is 12.7 Å². The fourth-order valence-corrected chi connectivity index (χ4v) is 3.45. The third-order valence-electron chi connectivity index (χ3n) is 4.09. The first-order valence-corrected chi connectivity index (χ1v) is 8.22. The molecule has 3 rings (SSSR count). The van der Waals surface area contributed by atoms with Gasteiger partial charge in [0.1, 0.15) is 0 Å². The van der Waals surface area contributed by atoms with Gasteiger partial charge in [-0.15, -0.1) is 0 Å². The normalized spacial score (nSPS) is 17.6. The quantitative estimate of drug-likeness (QED) is 0.851. The second-order valence-corrected chi connectivity index (χ2v) is 6.15. The van der Waals surface area contributed by atoms with Crippen LogP contribution >= 0.6 is 23.2 Å². The number of nitrogens with zero attached hydrogens (tertiary/aromatic N) is 3. The third kappa shape index (κ3) is 3.22. The maximum Gasteiger partial charge on any atom is 0.228 e. The summed E-state index contributed by atoms with van der Waals surface area (Å²) >= 11 is 12.3. The van der Waals surface area contributed by atoms with Crippen molar-refractivity contribution in [2.24, 2.45) is 5.73 Å². The number of hydrogen-bond donors (Lipinski definition) is 1. The zero-order valence-corrected chi connectivity index (χ0v) is 14.3. The Morgan fingerprint density at radius 1 is 1.22 bits per heavy atom. The Labute approximate surface area is 145 Å². The standard InChI is InChI=1S/C16H18Cl2N4O/c1-23-13-14(17)20-16(21-15(13)18)22-8-2-3-12(22)11-6-4-10(9-19)5-7-11/h4-7,12H,2-3,8-9,19H2,1H3. The average molecular weight is 353 g/mol. The molecule has 1 aliphatic rings. The number of hydrogen-bond acceptors (Lipinski definition) is 5. The van der Waals surface area contributed by atoms with Crippen molar-refractivity contribution in [3.8, 4) is 5.75 Å². The minimum atomic E-state index is 0.211. The van der Waals surface area contributed by atoms with Crippen LogP contribution in [0.15, 0.2) is 24.3 Å². The van der Waals surface area contributed by atoms with Crippen molar-refractivity contribution in [1.29, 1.82) is 0 Å². The van der Waals surface area contributed by atoms with Crippen LogP contribution in [0.4, 0.5) is 5.95 Å². The summed E-state index contributed by atoms with van der Waals surface area (Å²) in [5, 5.41) is 0.457. The topological polar surface area (TPSA) is 64.3 Å². The molecule has 5 nitrogen and oxygen atoms in total. The Morgan fingerprint density at radius 3 is 2.43 bits per heavy atom. The maximum atomic E-state index is 6.15. The van der Waals surface area contributed by atoms with Gasteiger partial charge in [-0.2, -0.15) is 9.97 Å². The van der Waals surface area contributed by atoms with Crippen LogP contribution in [0.25, 0.3) is 0 Å². The van der Waals surface area contributed by atoms with Crippen molar-refractivity contribution >= 4 is 29.2 Å². The maximum absolute atomic E-state index is 6.15. The van der Waals surface area contributed by atoms with Crippen LogP contribution in [-0.2, 0) is 6.54 Å². The minimum absolute atomic E-state index is 0.211. The lowest BCUT2D eigenvalue weighted by atomic mass is 10.0. The molecule has 0 radical (unpaired) electrons. The molecule has 2 aromatic rings. The van der Waals surface area contributed by atoms with E-state index in [0.717, 1.165) is 24.9 Å². The highest BCUT2D eigenvalue weighted by molar-refractivity contribution is 6.35. The first-order chi connectivity index (χ1) is 11.1. The molecule has 0 aliphatic carbocycles. The van der Waals surface area contributed by atoms with E-state index in [1.54, 1.807) is 0 Å². The van der Waals surface area contributed by atoms with Crippen LogP contribution < -0.4 is 15.4 Å². The molecule has 1 unspecified atom stereocenters. The zero-order chi connectivity index (χ0) is 16.4. The van der Waals surface area contributed by atoms with Gasteiger partial charge in [0.15, 0.2) is 16.1 Å². The Hall–Kier alpha value is -1.56. The van der Waals surface area contributed by atoms with Gasteiger partial charge in [0.2, 0.25) is 5.95 Å². The van der Waals surface area contributed by atoms with E-state index in [2.05, 4.69) is 39.1 Å². The summed E-state index contributed by atoms with van der Waals surface area (Å²) in [6.07, 6.45) is 2.10. The lowest BCUT2D eigenvalue weighted by molar-refractivity contribution is 0.411. The summed E-state index contributed by atoms with van der Waals surface area (Å²) in [6.45, 7) is 1.41. The highest BCUT2D eigenvalue weighted by atomic mass is 35.5. The van der Waals surface area contributed by atoms with E-state index < -0.39 is 0 Å². The fourth-order valence-electron chi connectivity index (χ4n) is 2.91. The number of ether oxygens (including phenoxy) is 1. The van der Waals surface area contributed by atoms with E-state index in [0.29, 0.717) is 18.2 Å². The van der Waals surface area contributed by atoms with Gasteiger partial charge >= 0.3 is 0 Å². The van der Waals surface area contributed by atoms with Crippen LogP contribution in [0, 0.1) is 0 Å². The molecule has 7 heteroatoms. The highest BCUT2D eigenvalue weighted by Gasteiger charge is 2.29. The van der Waals surface area contributed by atoms with Crippen LogP contribution in [0.5, 0.6) is 5.75 Å². The second kappa shape index (κ2) is 6.91. The third-order valence-corrected chi connectivity index (χ3v) is 4.60. The molecule has 23 heavy (non-hydrogen) atoms. The van der Waals surface area contributed by atoms with Gasteiger partial charge < -0.3 is 15.4 Å². The van der Waals surface area contributed by atoms with Gasteiger partial charge in [0.25, 0.3) is 0 Å². The average Bonchev–Trinajstić information content (AvgIpc) is 3.04. The van der Waals surface area contributed by atoms with Gasteiger partial charge in [-0.05, 0) is 24.0 Å². The van der Waals surface area contributed by atoms with Gasteiger partial charge in [-0.1, -0.05) is 47.5 Å². The molecule has 2 heterocycles. The van der Waals surface area contributed by atoms with Crippen LogP contribution in [0.1, 0.15) is 30.0 Å². The Bertz CT molecular complexity index is 670. The van der Waals surface area contributed by atoms with Crippen molar-refractivity contribution < 1.29 is 4.74 Å². The summed E-state index contributed by atoms with van der Waals surface area (Å²) in [6, 6.07) is 8.54. The van der Waals surface area contributed by atoms with Gasteiger partial charge in [0.05, 0.1) is 13.2 Å². The number of benzene rings is 1. The molecular formula is C16H18Cl2N4O. The second-order valence-electron chi connectivity index (χ2n) is 5.44. The molecule has 1 aromatic carbocycles. The van der Waals surface area contributed by atoms with E-state index in [1.807, 2.05) is 0 Å². The number of aromatic nitrogens is 2. The number of halogens is 2. The van der Waals surface area contributed by atoms with Crippen molar-refractivity contribution in [3.05, 3.63) is 45.7 Å². The molecule has 0 spiro atoms. The smallest absolute Gasteiger partial charge is 0.228 e. The van der Waals surface area contributed by atoms with Gasteiger partial charge in [-0.3, -0.25) is 0 Å². The lowest BCUT2D eigenvalue weighted by Crippen LogP contribution is -2.25. The largest absolute Gasteiger partial charge is 0.491 e. The SMILES string of the molecule is COc1c(Cl)nc(N2CCCC2c2ccc(CN)cc2)nc1Cl. The predicted molar refractivity (Wildman–Crippen MR) is 92.3 cm³/mol. The van der Waals surface area contributed by atoms with E-state index in [4.69, 9.17) is 33.7 Å². The van der Waals surface area contributed by atoms with E-state index >= 15 is 0 Å². The van der Waals surface area contributed by atoms with E-state index in [9.17, 15) is 0 Å². The fraction of sp³-hybridized carbons (Fsp3) is 0.375. The zero-order valence-electron chi connectivity index (χ0n) is 12.8. The number of nitrogens with two attached hydrogens (primary N) is 1.